The first kappa shape index (κ1) is 26.6. The SMILES string of the molecule is CCN(C(=O)COC)c1ccc2c(c1)nc(NC(=O)c1cc(F)cc(C(F)(F)F)c1)n2CC1(CO)CC1. The van der Waals surface area contributed by atoms with E-state index in [4.69, 9.17) is 4.74 Å². The molecule has 1 aromatic heterocycles. The van der Waals surface area contributed by atoms with Crippen LogP contribution in [0, 0.1) is 11.2 Å². The number of halogens is 4. The normalized spacial score (nSPS) is 14.6. The minimum absolute atomic E-state index is 0.0287. The Morgan fingerprint density at radius 3 is 2.54 bits per heavy atom. The molecule has 0 aliphatic heterocycles. The molecule has 2 N–H and O–H groups in total. The average Bonchev–Trinajstić information content (AvgIpc) is 3.55. The molecule has 0 bridgehead atoms. The largest absolute Gasteiger partial charge is 0.416 e. The molecule has 12 heteroatoms. The predicted molar refractivity (Wildman–Crippen MR) is 128 cm³/mol. The zero-order valence-corrected chi connectivity index (χ0v) is 20.2. The number of aromatic nitrogens is 2. The maximum Gasteiger partial charge on any atom is 0.416 e. The number of ether oxygens (including phenoxy) is 1. The molecule has 1 heterocycles. The van der Waals surface area contributed by atoms with E-state index in [2.05, 4.69) is 10.3 Å². The molecule has 198 valence electrons. The van der Waals surface area contributed by atoms with Crippen molar-refractivity contribution in [2.45, 2.75) is 32.5 Å². The number of carbonyl (C=O) groups is 2. The molecular formula is C25H26F4N4O4. The van der Waals surface area contributed by atoms with Crippen LogP contribution in [0.15, 0.2) is 36.4 Å². The van der Waals surface area contributed by atoms with Gasteiger partial charge in [-0.05, 0) is 56.2 Å². The van der Waals surface area contributed by atoms with Crippen molar-refractivity contribution in [3.8, 4) is 0 Å². The maximum absolute atomic E-state index is 13.9. The Kier molecular flexibility index (Phi) is 7.24. The van der Waals surface area contributed by atoms with Gasteiger partial charge in [-0.3, -0.25) is 14.9 Å². The van der Waals surface area contributed by atoms with Crippen LogP contribution in [0.2, 0.25) is 0 Å². The Morgan fingerprint density at radius 1 is 1.22 bits per heavy atom. The molecule has 1 fully saturated rings. The molecule has 4 rings (SSSR count). The fraction of sp³-hybridized carbons (Fsp3) is 0.400. The number of benzene rings is 2. The number of nitrogens with one attached hydrogen (secondary N) is 1. The Balaban J connectivity index is 1.73. The number of aliphatic hydroxyl groups excluding tert-OH is 1. The monoisotopic (exact) mass is 522 g/mol. The second-order valence-corrected chi connectivity index (χ2v) is 9.10. The van der Waals surface area contributed by atoms with Crippen LogP contribution in [0.5, 0.6) is 0 Å². The first-order valence-corrected chi connectivity index (χ1v) is 11.6. The van der Waals surface area contributed by atoms with Crippen LogP contribution >= 0.6 is 0 Å². The summed E-state index contributed by atoms with van der Waals surface area (Å²) >= 11 is 0. The van der Waals surface area contributed by atoms with Crippen molar-refractivity contribution in [1.82, 2.24) is 9.55 Å². The predicted octanol–water partition coefficient (Wildman–Crippen LogP) is 4.22. The number of hydrogen-bond acceptors (Lipinski definition) is 5. The van der Waals surface area contributed by atoms with Gasteiger partial charge in [0, 0.05) is 36.9 Å². The second-order valence-electron chi connectivity index (χ2n) is 9.10. The summed E-state index contributed by atoms with van der Waals surface area (Å²) in [5, 5.41) is 12.3. The third-order valence-corrected chi connectivity index (χ3v) is 6.43. The van der Waals surface area contributed by atoms with Crippen LogP contribution in [-0.4, -0.2) is 53.3 Å². The lowest BCUT2D eigenvalue weighted by molar-refractivity contribution is -0.137. The molecule has 2 amide bonds. The molecule has 1 aliphatic rings. The van der Waals surface area contributed by atoms with Crippen molar-refractivity contribution < 1.29 is 37.0 Å². The van der Waals surface area contributed by atoms with Crippen LogP contribution in [0.1, 0.15) is 35.7 Å². The number of aliphatic hydroxyl groups is 1. The molecule has 0 spiro atoms. The highest BCUT2D eigenvalue weighted by Gasteiger charge is 2.43. The van der Waals surface area contributed by atoms with Crippen molar-refractivity contribution in [3.05, 3.63) is 53.3 Å². The van der Waals surface area contributed by atoms with Crippen molar-refractivity contribution in [2.24, 2.45) is 5.41 Å². The smallest absolute Gasteiger partial charge is 0.396 e. The van der Waals surface area contributed by atoms with E-state index in [9.17, 15) is 32.3 Å². The van der Waals surface area contributed by atoms with E-state index in [0.717, 1.165) is 12.8 Å². The van der Waals surface area contributed by atoms with Gasteiger partial charge in [0.1, 0.15) is 12.4 Å². The highest BCUT2D eigenvalue weighted by Crippen LogP contribution is 2.47. The highest BCUT2D eigenvalue weighted by molar-refractivity contribution is 6.04. The number of nitrogens with zero attached hydrogens (tertiary/aromatic N) is 3. The first-order chi connectivity index (χ1) is 17.5. The number of methoxy groups -OCH3 is 1. The fourth-order valence-electron chi connectivity index (χ4n) is 4.18. The minimum Gasteiger partial charge on any atom is -0.396 e. The van der Waals surface area contributed by atoms with Gasteiger partial charge in [0.15, 0.2) is 0 Å². The van der Waals surface area contributed by atoms with Gasteiger partial charge in [0.2, 0.25) is 5.95 Å². The molecule has 1 saturated carbocycles. The second kappa shape index (κ2) is 10.1. The Morgan fingerprint density at radius 2 is 1.95 bits per heavy atom. The summed E-state index contributed by atoms with van der Waals surface area (Å²) in [7, 11) is 1.41. The number of rotatable bonds is 9. The van der Waals surface area contributed by atoms with Crippen LogP contribution < -0.4 is 10.2 Å². The van der Waals surface area contributed by atoms with Crippen LogP contribution in [0.3, 0.4) is 0 Å². The van der Waals surface area contributed by atoms with Gasteiger partial charge < -0.3 is 19.3 Å². The van der Waals surface area contributed by atoms with Gasteiger partial charge in [-0.1, -0.05) is 0 Å². The van der Waals surface area contributed by atoms with E-state index >= 15 is 0 Å². The van der Waals surface area contributed by atoms with E-state index < -0.39 is 34.4 Å². The zero-order chi connectivity index (χ0) is 27.0. The van der Waals surface area contributed by atoms with Gasteiger partial charge in [0.25, 0.3) is 11.8 Å². The van der Waals surface area contributed by atoms with Crippen molar-refractivity contribution in [1.29, 1.82) is 0 Å². The van der Waals surface area contributed by atoms with Crippen LogP contribution in [0.25, 0.3) is 11.0 Å². The molecular weight excluding hydrogens is 496 g/mol. The molecule has 1 aliphatic carbocycles. The maximum atomic E-state index is 13.9. The van der Waals surface area contributed by atoms with E-state index in [1.165, 1.54) is 12.0 Å². The summed E-state index contributed by atoms with van der Waals surface area (Å²) in [6.07, 6.45) is -3.32. The van der Waals surface area contributed by atoms with Gasteiger partial charge in [-0.15, -0.1) is 0 Å². The van der Waals surface area contributed by atoms with E-state index in [-0.39, 0.29) is 25.1 Å². The average molecular weight is 522 g/mol. The summed E-state index contributed by atoms with van der Waals surface area (Å²) in [6.45, 7) is 2.26. The number of carbonyl (C=O) groups excluding carboxylic acids is 2. The van der Waals surface area contributed by atoms with Crippen LogP contribution in [0.4, 0.5) is 29.2 Å². The molecule has 3 aromatic rings. The summed E-state index contributed by atoms with van der Waals surface area (Å²) in [6, 6.07) is 6.68. The lowest BCUT2D eigenvalue weighted by Crippen LogP contribution is -2.33. The number of likely N-dealkylation sites (N-methyl/N-ethyl adjacent to an activating group) is 1. The first-order valence-electron chi connectivity index (χ1n) is 11.6. The molecule has 37 heavy (non-hydrogen) atoms. The standard InChI is InChI=1S/C25H26F4N4O4/c1-3-32(21(35)12-37-2)18-4-5-20-19(11-18)30-23(33(20)13-24(14-34)6-7-24)31-22(36)15-8-16(25(27,28)29)10-17(26)9-15/h4-5,8-11,34H,3,6-7,12-14H2,1-2H3,(H,30,31,36). The van der Waals surface area contributed by atoms with Gasteiger partial charge >= 0.3 is 6.18 Å². The molecule has 2 aromatic carbocycles. The molecule has 0 unspecified atom stereocenters. The number of fused-ring (bicyclic) bond motifs is 1. The van der Waals surface area contributed by atoms with Crippen molar-refractivity contribution in [3.63, 3.8) is 0 Å². The van der Waals surface area contributed by atoms with Crippen LogP contribution in [-0.2, 0) is 22.3 Å². The number of hydrogen-bond donors (Lipinski definition) is 2. The highest BCUT2D eigenvalue weighted by atomic mass is 19.4. The van der Waals surface area contributed by atoms with E-state index in [1.54, 1.807) is 29.7 Å². The third-order valence-electron chi connectivity index (χ3n) is 6.43. The summed E-state index contributed by atoms with van der Waals surface area (Å²) < 4.78 is 59.9. The van der Waals surface area contributed by atoms with Gasteiger partial charge in [-0.2, -0.15) is 13.2 Å². The topological polar surface area (TPSA) is 96.7 Å². The van der Waals surface area contributed by atoms with Gasteiger partial charge in [-0.25, -0.2) is 9.37 Å². The summed E-state index contributed by atoms with van der Waals surface area (Å²) in [5.41, 5.74) is -0.657. The number of anilines is 2. The molecule has 0 radical (unpaired) electrons. The lowest BCUT2D eigenvalue weighted by atomic mass is 10.1. The third kappa shape index (κ3) is 5.59. The zero-order valence-electron chi connectivity index (χ0n) is 20.2. The quantitative estimate of drug-likeness (QED) is 0.411. The number of amides is 2. The molecule has 0 saturated heterocycles. The van der Waals surface area contributed by atoms with E-state index in [0.29, 0.717) is 48.0 Å². The van der Waals surface area contributed by atoms with Crippen molar-refractivity contribution in [2.75, 3.05) is 37.1 Å². The minimum atomic E-state index is -4.83. The molecule has 8 nitrogen and oxygen atoms in total. The summed E-state index contributed by atoms with van der Waals surface area (Å²) in [4.78, 5) is 31.3. The Bertz CT molecular complexity index is 1330. The van der Waals surface area contributed by atoms with Gasteiger partial charge in [0.05, 0.1) is 23.2 Å². The molecule has 0 atom stereocenters. The lowest BCUT2D eigenvalue weighted by Gasteiger charge is -2.21. The Hall–Kier alpha value is -3.51. The fourth-order valence-corrected chi connectivity index (χ4v) is 4.18. The summed E-state index contributed by atoms with van der Waals surface area (Å²) in [5.74, 6) is -2.40. The number of alkyl halides is 3. The van der Waals surface area contributed by atoms with E-state index in [1.807, 2.05) is 0 Å². The number of imidazole rings is 1. The van der Waals surface area contributed by atoms with Crippen molar-refractivity contribution >= 4 is 34.5 Å². The Labute approximate surface area is 209 Å².